The monoisotopic (exact) mass is 254 g/mol. The SMILES string of the molecule is CCC1(CC)CO[C@@H](c2ccc(Cl)cc2)[C@@H]1O. The van der Waals surface area contributed by atoms with Crippen molar-refractivity contribution in [2.75, 3.05) is 6.61 Å². The molecule has 0 aliphatic carbocycles. The molecule has 1 heterocycles. The quantitative estimate of drug-likeness (QED) is 0.894. The van der Waals surface area contributed by atoms with E-state index in [-0.39, 0.29) is 11.5 Å². The van der Waals surface area contributed by atoms with E-state index in [0.29, 0.717) is 11.6 Å². The van der Waals surface area contributed by atoms with Gasteiger partial charge in [-0.05, 0) is 30.5 Å². The average molecular weight is 255 g/mol. The number of hydrogen-bond acceptors (Lipinski definition) is 2. The summed E-state index contributed by atoms with van der Waals surface area (Å²) in [7, 11) is 0. The second-order valence-electron chi connectivity index (χ2n) is 4.80. The Kier molecular flexibility index (Phi) is 3.76. The van der Waals surface area contributed by atoms with Gasteiger partial charge in [-0.1, -0.05) is 37.6 Å². The fourth-order valence-electron chi connectivity index (χ4n) is 2.56. The molecule has 1 aliphatic rings. The second-order valence-corrected chi connectivity index (χ2v) is 5.23. The lowest BCUT2D eigenvalue weighted by Crippen LogP contribution is -2.33. The lowest BCUT2D eigenvalue weighted by Gasteiger charge is -2.29. The molecule has 1 aliphatic heterocycles. The minimum absolute atomic E-state index is 0.0930. The van der Waals surface area contributed by atoms with E-state index in [1.807, 2.05) is 24.3 Å². The van der Waals surface area contributed by atoms with Crippen molar-refractivity contribution >= 4 is 11.6 Å². The zero-order valence-electron chi connectivity index (χ0n) is 10.3. The highest BCUT2D eigenvalue weighted by molar-refractivity contribution is 6.30. The highest BCUT2D eigenvalue weighted by Crippen LogP contribution is 2.45. The van der Waals surface area contributed by atoms with E-state index in [0.717, 1.165) is 18.4 Å². The Morgan fingerprint density at radius 1 is 1.29 bits per heavy atom. The predicted octanol–water partition coefficient (Wildman–Crippen LogP) is 3.58. The number of aliphatic hydroxyl groups is 1. The van der Waals surface area contributed by atoms with E-state index < -0.39 is 6.10 Å². The second kappa shape index (κ2) is 4.97. The van der Waals surface area contributed by atoms with E-state index in [1.54, 1.807) is 0 Å². The Balaban J connectivity index is 2.22. The lowest BCUT2D eigenvalue weighted by atomic mass is 9.77. The molecule has 0 saturated carbocycles. The zero-order chi connectivity index (χ0) is 12.5. The molecule has 2 atom stereocenters. The number of aliphatic hydroxyl groups excluding tert-OH is 1. The van der Waals surface area contributed by atoms with Crippen LogP contribution in [0.1, 0.15) is 38.4 Å². The van der Waals surface area contributed by atoms with Gasteiger partial charge in [-0.3, -0.25) is 0 Å². The summed E-state index contributed by atoms with van der Waals surface area (Å²) in [5, 5.41) is 11.2. The van der Waals surface area contributed by atoms with Crippen molar-refractivity contribution in [1.82, 2.24) is 0 Å². The first kappa shape index (κ1) is 12.9. The molecular formula is C14H19ClO2. The van der Waals surface area contributed by atoms with Gasteiger partial charge < -0.3 is 9.84 Å². The highest BCUT2D eigenvalue weighted by atomic mass is 35.5. The summed E-state index contributed by atoms with van der Waals surface area (Å²) in [5.74, 6) is 0. The van der Waals surface area contributed by atoms with Crippen molar-refractivity contribution in [3.63, 3.8) is 0 Å². The van der Waals surface area contributed by atoms with Crippen LogP contribution in [0.2, 0.25) is 5.02 Å². The number of rotatable bonds is 3. The first-order valence-corrected chi connectivity index (χ1v) is 6.56. The zero-order valence-corrected chi connectivity index (χ0v) is 11.1. The Morgan fingerprint density at radius 2 is 1.88 bits per heavy atom. The van der Waals surface area contributed by atoms with E-state index in [4.69, 9.17) is 16.3 Å². The van der Waals surface area contributed by atoms with Crippen molar-refractivity contribution in [3.05, 3.63) is 34.9 Å². The number of ether oxygens (including phenoxy) is 1. The molecule has 0 spiro atoms. The van der Waals surface area contributed by atoms with Gasteiger partial charge in [0, 0.05) is 10.4 Å². The van der Waals surface area contributed by atoms with Crippen LogP contribution in [0.3, 0.4) is 0 Å². The molecule has 0 unspecified atom stereocenters. The van der Waals surface area contributed by atoms with Gasteiger partial charge in [-0.25, -0.2) is 0 Å². The molecule has 0 amide bonds. The minimum Gasteiger partial charge on any atom is -0.389 e. The average Bonchev–Trinajstić information content (AvgIpc) is 2.68. The molecule has 1 saturated heterocycles. The van der Waals surface area contributed by atoms with Gasteiger partial charge in [0.25, 0.3) is 0 Å². The molecular weight excluding hydrogens is 236 g/mol. The summed E-state index contributed by atoms with van der Waals surface area (Å²) in [6, 6.07) is 7.53. The van der Waals surface area contributed by atoms with Gasteiger partial charge in [0.1, 0.15) is 6.10 Å². The maximum Gasteiger partial charge on any atom is 0.109 e. The Hall–Kier alpha value is -0.570. The van der Waals surface area contributed by atoms with Gasteiger partial charge in [0.15, 0.2) is 0 Å². The number of halogens is 1. The van der Waals surface area contributed by atoms with Crippen LogP contribution in [0.15, 0.2) is 24.3 Å². The Labute approximate surface area is 108 Å². The van der Waals surface area contributed by atoms with Crippen LogP contribution in [-0.4, -0.2) is 17.8 Å². The van der Waals surface area contributed by atoms with E-state index in [2.05, 4.69) is 13.8 Å². The molecule has 1 N–H and O–H groups in total. The molecule has 0 bridgehead atoms. The number of benzene rings is 1. The summed E-state index contributed by atoms with van der Waals surface area (Å²) < 4.78 is 5.80. The number of hydrogen-bond donors (Lipinski definition) is 1. The van der Waals surface area contributed by atoms with Crippen LogP contribution in [0.5, 0.6) is 0 Å². The van der Waals surface area contributed by atoms with Crippen molar-refractivity contribution in [2.45, 2.75) is 38.9 Å². The molecule has 2 nitrogen and oxygen atoms in total. The third kappa shape index (κ3) is 2.22. The van der Waals surface area contributed by atoms with Gasteiger partial charge in [-0.2, -0.15) is 0 Å². The standard InChI is InChI=1S/C14H19ClO2/c1-3-14(4-2)9-17-12(13(14)16)10-5-7-11(15)8-6-10/h5-8,12-13,16H,3-4,9H2,1-2H3/t12-,13-/m0/s1. The smallest absolute Gasteiger partial charge is 0.109 e. The van der Waals surface area contributed by atoms with Crippen molar-refractivity contribution in [2.24, 2.45) is 5.41 Å². The summed E-state index contributed by atoms with van der Waals surface area (Å²) in [6.45, 7) is 4.86. The first-order chi connectivity index (χ1) is 8.13. The molecule has 2 rings (SSSR count). The van der Waals surface area contributed by atoms with Crippen LogP contribution in [-0.2, 0) is 4.74 Å². The molecule has 0 aromatic heterocycles. The Bertz CT molecular complexity index is 370. The third-order valence-electron chi connectivity index (χ3n) is 4.07. The summed E-state index contributed by atoms with van der Waals surface area (Å²) >= 11 is 5.86. The van der Waals surface area contributed by atoms with Crippen LogP contribution in [0.25, 0.3) is 0 Å². The topological polar surface area (TPSA) is 29.5 Å². The van der Waals surface area contributed by atoms with Gasteiger partial charge in [0.05, 0.1) is 12.7 Å². The lowest BCUT2D eigenvalue weighted by molar-refractivity contribution is 0.0216. The maximum atomic E-state index is 10.5. The van der Waals surface area contributed by atoms with Gasteiger partial charge in [0.2, 0.25) is 0 Å². The predicted molar refractivity (Wildman–Crippen MR) is 69.2 cm³/mol. The minimum atomic E-state index is -0.432. The summed E-state index contributed by atoms with van der Waals surface area (Å²) in [6.07, 6.45) is 1.23. The van der Waals surface area contributed by atoms with Crippen LogP contribution in [0.4, 0.5) is 0 Å². The van der Waals surface area contributed by atoms with Crippen molar-refractivity contribution < 1.29 is 9.84 Å². The highest BCUT2D eigenvalue weighted by Gasteiger charge is 2.46. The molecule has 17 heavy (non-hydrogen) atoms. The maximum absolute atomic E-state index is 10.5. The van der Waals surface area contributed by atoms with Crippen molar-refractivity contribution in [3.8, 4) is 0 Å². The molecule has 94 valence electrons. The van der Waals surface area contributed by atoms with Gasteiger partial charge in [-0.15, -0.1) is 0 Å². The van der Waals surface area contributed by atoms with E-state index in [1.165, 1.54) is 0 Å². The van der Waals surface area contributed by atoms with Crippen LogP contribution >= 0.6 is 11.6 Å². The van der Waals surface area contributed by atoms with Crippen molar-refractivity contribution in [1.29, 1.82) is 0 Å². The summed E-state index contributed by atoms with van der Waals surface area (Å²) in [5.41, 5.74) is 0.912. The van der Waals surface area contributed by atoms with E-state index >= 15 is 0 Å². The molecule has 1 aromatic rings. The Morgan fingerprint density at radius 3 is 2.35 bits per heavy atom. The van der Waals surface area contributed by atoms with Crippen LogP contribution < -0.4 is 0 Å². The fraction of sp³-hybridized carbons (Fsp3) is 0.571. The molecule has 0 radical (unpaired) electrons. The third-order valence-corrected chi connectivity index (χ3v) is 4.32. The fourth-order valence-corrected chi connectivity index (χ4v) is 2.68. The van der Waals surface area contributed by atoms with Crippen LogP contribution in [0, 0.1) is 5.41 Å². The normalized spacial score (nSPS) is 27.3. The largest absolute Gasteiger partial charge is 0.389 e. The first-order valence-electron chi connectivity index (χ1n) is 6.18. The van der Waals surface area contributed by atoms with Gasteiger partial charge >= 0.3 is 0 Å². The molecule has 1 fully saturated rings. The molecule has 1 aromatic carbocycles. The van der Waals surface area contributed by atoms with E-state index in [9.17, 15) is 5.11 Å². The summed E-state index contributed by atoms with van der Waals surface area (Å²) in [4.78, 5) is 0. The molecule has 3 heteroatoms.